The van der Waals surface area contributed by atoms with Crippen molar-refractivity contribution in [2.24, 2.45) is 0 Å². The third-order valence-corrected chi connectivity index (χ3v) is 5.72. The maximum Gasteiger partial charge on any atom is 0.417 e. The van der Waals surface area contributed by atoms with Crippen LogP contribution in [0, 0.1) is 20.8 Å². The summed E-state index contributed by atoms with van der Waals surface area (Å²) < 4.78 is 41.6. The molecule has 0 aliphatic rings. The fourth-order valence-corrected chi connectivity index (χ4v) is 3.77. The zero-order valence-corrected chi connectivity index (χ0v) is 19.1. The lowest BCUT2D eigenvalue weighted by Gasteiger charge is -2.17. The Kier molecular flexibility index (Phi) is 5.99. The van der Waals surface area contributed by atoms with Gasteiger partial charge in [0.05, 0.1) is 34.4 Å². The number of aromatic nitrogens is 5. The molecule has 4 aromatic rings. The molecule has 34 heavy (non-hydrogen) atoms. The van der Waals surface area contributed by atoms with Crippen molar-refractivity contribution in [2.75, 3.05) is 7.05 Å². The minimum atomic E-state index is -4.47. The highest BCUT2D eigenvalue weighted by atomic mass is 19.4. The number of aryl methyl sites for hydroxylation is 1. The summed E-state index contributed by atoms with van der Waals surface area (Å²) in [5.41, 5.74) is 3.61. The van der Waals surface area contributed by atoms with Crippen LogP contribution in [0.1, 0.15) is 38.6 Å². The van der Waals surface area contributed by atoms with Crippen LogP contribution in [-0.4, -0.2) is 42.4 Å². The number of halogens is 3. The number of para-hydroxylation sites is 1. The summed E-state index contributed by atoms with van der Waals surface area (Å²) in [6.07, 6.45) is -2.32. The van der Waals surface area contributed by atoms with Crippen LogP contribution in [0.15, 0.2) is 54.9 Å². The van der Waals surface area contributed by atoms with Gasteiger partial charge in [0.15, 0.2) is 5.82 Å². The fraction of sp³-hybridized carbons (Fsp3) is 0.250. The second-order valence-electron chi connectivity index (χ2n) is 8.02. The van der Waals surface area contributed by atoms with E-state index in [0.717, 1.165) is 34.9 Å². The molecule has 0 radical (unpaired) electrons. The number of nitrogens with zero attached hydrogens (tertiary/aromatic N) is 6. The molecule has 3 heterocycles. The van der Waals surface area contributed by atoms with Gasteiger partial charge < -0.3 is 4.90 Å². The number of rotatable bonds is 5. The highest BCUT2D eigenvalue weighted by Gasteiger charge is 2.31. The summed E-state index contributed by atoms with van der Waals surface area (Å²) in [5, 5.41) is 8.80. The zero-order valence-electron chi connectivity index (χ0n) is 19.1. The average Bonchev–Trinajstić information content (AvgIpc) is 3.33. The van der Waals surface area contributed by atoms with E-state index in [9.17, 15) is 18.0 Å². The molecular weight excluding hydrogens is 445 g/mol. The third kappa shape index (κ3) is 4.30. The van der Waals surface area contributed by atoms with Crippen LogP contribution in [0.3, 0.4) is 0 Å². The van der Waals surface area contributed by atoms with Gasteiger partial charge in [0.1, 0.15) is 0 Å². The van der Waals surface area contributed by atoms with Gasteiger partial charge in [0.25, 0.3) is 5.91 Å². The maximum atomic E-state index is 13.2. The van der Waals surface area contributed by atoms with Crippen LogP contribution in [0.25, 0.3) is 11.5 Å². The molecule has 0 atom stereocenters. The summed E-state index contributed by atoms with van der Waals surface area (Å²) in [4.78, 5) is 18.6. The lowest BCUT2D eigenvalue weighted by molar-refractivity contribution is -0.137. The summed E-state index contributed by atoms with van der Waals surface area (Å²) in [7, 11) is 1.69. The topological polar surface area (TPSA) is 68.8 Å². The smallest absolute Gasteiger partial charge is 0.337 e. The summed E-state index contributed by atoms with van der Waals surface area (Å²) >= 11 is 0. The first-order valence-electron chi connectivity index (χ1n) is 10.5. The van der Waals surface area contributed by atoms with Crippen molar-refractivity contribution >= 4 is 5.91 Å². The Balaban J connectivity index is 1.56. The molecule has 4 rings (SSSR count). The van der Waals surface area contributed by atoms with Crippen molar-refractivity contribution in [1.82, 2.24) is 29.4 Å². The molecule has 0 aliphatic heterocycles. The van der Waals surface area contributed by atoms with Crippen LogP contribution < -0.4 is 0 Å². The number of carbonyl (C=O) groups excluding carboxylic acids is 1. The zero-order chi connectivity index (χ0) is 24.6. The quantitative estimate of drug-likeness (QED) is 0.427. The van der Waals surface area contributed by atoms with Crippen LogP contribution in [0.4, 0.5) is 13.2 Å². The van der Waals surface area contributed by atoms with Crippen molar-refractivity contribution in [1.29, 1.82) is 0 Å². The van der Waals surface area contributed by atoms with E-state index >= 15 is 0 Å². The van der Waals surface area contributed by atoms with Crippen LogP contribution in [-0.2, 0) is 12.7 Å². The number of hydrogen-bond acceptors (Lipinski definition) is 4. The van der Waals surface area contributed by atoms with Gasteiger partial charge in [-0.3, -0.25) is 4.79 Å². The van der Waals surface area contributed by atoms with E-state index < -0.39 is 11.7 Å². The van der Waals surface area contributed by atoms with Crippen LogP contribution in [0.5, 0.6) is 0 Å². The molecular formula is C24H23F3N6O. The Morgan fingerprint density at radius 1 is 0.971 bits per heavy atom. The molecule has 10 heteroatoms. The first-order valence-corrected chi connectivity index (χ1v) is 10.5. The molecule has 0 bridgehead atoms. The predicted octanol–water partition coefficient (Wildman–Crippen LogP) is 4.67. The molecule has 1 amide bonds. The Morgan fingerprint density at radius 3 is 2.29 bits per heavy atom. The van der Waals surface area contributed by atoms with E-state index in [4.69, 9.17) is 0 Å². The van der Waals surface area contributed by atoms with Gasteiger partial charge in [0, 0.05) is 31.0 Å². The largest absolute Gasteiger partial charge is 0.417 e. The number of pyridine rings is 1. The SMILES string of the molecule is Cc1nn(-c2ccccc2)c(C)c1CN(C)C(=O)c1cnn(-c2ccc(C(F)(F)F)cn2)c1C. The second-order valence-corrected chi connectivity index (χ2v) is 8.02. The number of amides is 1. The minimum absolute atomic E-state index is 0.197. The molecule has 0 unspecified atom stereocenters. The van der Waals surface area contributed by atoms with Gasteiger partial charge in [-0.05, 0) is 45.0 Å². The summed E-state index contributed by atoms with van der Waals surface area (Å²) in [5.74, 6) is -0.0649. The van der Waals surface area contributed by atoms with Crippen molar-refractivity contribution in [3.05, 3.63) is 88.6 Å². The highest BCUT2D eigenvalue weighted by Crippen LogP contribution is 2.29. The number of alkyl halides is 3. The molecule has 0 spiro atoms. The highest BCUT2D eigenvalue weighted by molar-refractivity contribution is 5.95. The maximum absolute atomic E-state index is 13.2. The van der Waals surface area contributed by atoms with Gasteiger partial charge >= 0.3 is 6.18 Å². The third-order valence-electron chi connectivity index (χ3n) is 5.72. The van der Waals surface area contributed by atoms with Gasteiger partial charge in [-0.25, -0.2) is 14.3 Å². The van der Waals surface area contributed by atoms with Crippen LogP contribution >= 0.6 is 0 Å². The van der Waals surface area contributed by atoms with Gasteiger partial charge in [0.2, 0.25) is 0 Å². The van der Waals surface area contributed by atoms with E-state index in [0.29, 0.717) is 17.8 Å². The van der Waals surface area contributed by atoms with E-state index in [2.05, 4.69) is 15.2 Å². The molecule has 0 aliphatic carbocycles. The molecule has 0 saturated heterocycles. The molecule has 176 valence electrons. The number of hydrogen-bond donors (Lipinski definition) is 0. The normalized spacial score (nSPS) is 11.6. The molecule has 7 nitrogen and oxygen atoms in total. The van der Waals surface area contributed by atoms with E-state index in [1.54, 1.807) is 18.9 Å². The number of carbonyl (C=O) groups is 1. The summed E-state index contributed by atoms with van der Waals surface area (Å²) in [6, 6.07) is 11.9. The Hall–Kier alpha value is -3.95. The van der Waals surface area contributed by atoms with Gasteiger partial charge in [-0.1, -0.05) is 18.2 Å². The number of benzene rings is 1. The Morgan fingerprint density at radius 2 is 1.68 bits per heavy atom. The molecule has 3 aromatic heterocycles. The average molecular weight is 468 g/mol. The molecule has 0 N–H and O–H groups in total. The first-order chi connectivity index (χ1) is 16.1. The lowest BCUT2D eigenvalue weighted by Crippen LogP contribution is -2.27. The molecule has 0 saturated carbocycles. The predicted molar refractivity (Wildman–Crippen MR) is 120 cm³/mol. The Bertz CT molecular complexity index is 1320. The minimum Gasteiger partial charge on any atom is -0.337 e. The van der Waals surface area contributed by atoms with Crippen molar-refractivity contribution in [2.45, 2.75) is 33.5 Å². The first kappa shape index (κ1) is 23.2. The van der Waals surface area contributed by atoms with E-state index in [1.807, 2.05) is 48.9 Å². The van der Waals surface area contributed by atoms with Crippen molar-refractivity contribution in [3.63, 3.8) is 0 Å². The Labute approximate surface area is 194 Å². The van der Waals surface area contributed by atoms with E-state index in [1.165, 1.54) is 16.9 Å². The lowest BCUT2D eigenvalue weighted by atomic mass is 10.1. The van der Waals surface area contributed by atoms with Crippen molar-refractivity contribution in [3.8, 4) is 11.5 Å². The van der Waals surface area contributed by atoms with Crippen LogP contribution in [0.2, 0.25) is 0 Å². The summed E-state index contributed by atoms with van der Waals surface area (Å²) in [6.45, 7) is 5.88. The standard InChI is InChI=1S/C24H23F3N6O/c1-15-21(17(3)32(30-15)19-8-6-5-7-9-19)14-31(4)23(34)20-13-29-33(16(20)2)22-11-10-18(12-28-22)24(25,26)27/h5-13H,14H2,1-4H3. The monoisotopic (exact) mass is 468 g/mol. The van der Waals surface area contributed by atoms with Gasteiger partial charge in [-0.15, -0.1) is 0 Å². The molecule has 0 fully saturated rings. The fourth-order valence-electron chi connectivity index (χ4n) is 3.77. The second kappa shape index (κ2) is 8.77. The van der Waals surface area contributed by atoms with Crippen molar-refractivity contribution < 1.29 is 18.0 Å². The van der Waals surface area contributed by atoms with Gasteiger partial charge in [-0.2, -0.15) is 23.4 Å². The van der Waals surface area contributed by atoms with E-state index in [-0.39, 0.29) is 11.7 Å². The molecule has 1 aromatic carbocycles.